The van der Waals surface area contributed by atoms with Crippen LogP contribution in [0.15, 0.2) is 18.2 Å². The van der Waals surface area contributed by atoms with Gasteiger partial charge in [0.25, 0.3) is 0 Å². The van der Waals surface area contributed by atoms with Gasteiger partial charge < -0.3 is 15.8 Å². The molecule has 0 aliphatic heterocycles. The van der Waals surface area contributed by atoms with Gasteiger partial charge in [0.05, 0.1) is 6.61 Å². The van der Waals surface area contributed by atoms with Crippen molar-refractivity contribution in [3.8, 4) is 5.75 Å². The highest BCUT2D eigenvalue weighted by atomic mass is 19.1. The van der Waals surface area contributed by atoms with E-state index in [9.17, 15) is 4.39 Å². The van der Waals surface area contributed by atoms with Crippen LogP contribution >= 0.6 is 0 Å². The van der Waals surface area contributed by atoms with Crippen LogP contribution in [0.4, 0.5) is 4.39 Å². The molecule has 1 unspecified atom stereocenters. The molecule has 1 rings (SSSR count). The van der Waals surface area contributed by atoms with Gasteiger partial charge in [-0.2, -0.15) is 0 Å². The molecule has 0 radical (unpaired) electrons. The second kappa shape index (κ2) is 7.25. The Morgan fingerprint density at radius 1 is 1.47 bits per heavy atom. The zero-order valence-corrected chi connectivity index (χ0v) is 10.5. The third-order valence-corrected chi connectivity index (χ3v) is 2.35. The van der Waals surface area contributed by atoms with Crippen molar-refractivity contribution in [3.63, 3.8) is 0 Å². The highest BCUT2D eigenvalue weighted by Gasteiger charge is 2.04. The summed E-state index contributed by atoms with van der Waals surface area (Å²) in [6.07, 6.45) is 0.788. The van der Waals surface area contributed by atoms with Gasteiger partial charge in [0, 0.05) is 12.6 Å². The van der Waals surface area contributed by atoms with Gasteiger partial charge in [-0.25, -0.2) is 4.39 Å². The Morgan fingerprint density at radius 2 is 2.24 bits per heavy atom. The van der Waals surface area contributed by atoms with Crippen molar-refractivity contribution in [2.45, 2.75) is 26.3 Å². The van der Waals surface area contributed by atoms with E-state index in [1.807, 2.05) is 19.9 Å². The SMILES string of the molecule is CCOc1ccc(CCNCC(C)N)cc1F. The number of nitrogens with one attached hydrogen (secondary N) is 1. The number of nitrogens with two attached hydrogens (primary N) is 1. The molecule has 0 fully saturated rings. The van der Waals surface area contributed by atoms with Gasteiger partial charge in [-0.1, -0.05) is 6.07 Å². The fourth-order valence-electron chi connectivity index (χ4n) is 1.53. The first-order valence-electron chi connectivity index (χ1n) is 6.01. The molecule has 1 aromatic carbocycles. The molecule has 96 valence electrons. The fraction of sp³-hybridized carbons (Fsp3) is 0.538. The Balaban J connectivity index is 2.41. The van der Waals surface area contributed by atoms with Crippen molar-refractivity contribution in [2.24, 2.45) is 5.73 Å². The van der Waals surface area contributed by atoms with Crippen molar-refractivity contribution in [1.82, 2.24) is 5.32 Å². The Bertz CT molecular complexity index is 342. The second-order valence-corrected chi connectivity index (χ2v) is 4.13. The van der Waals surface area contributed by atoms with E-state index in [0.29, 0.717) is 12.4 Å². The molecule has 3 N–H and O–H groups in total. The summed E-state index contributed by atoms with van der Waals surface area (Å²) < 4.78 is 18.7. The molecule has 0 aliphatic carbocycles. The first-order valence-corrected chi connectivity index (χ1v) is 6.01. The maximum atomic E-state index is 13.5. The van der Waals surface area contributed by atoms with E-state index in [4.69, 9.17) is 10.5 Å². The molecule has 0 bridgehead atoms. The van der Waals surface area contributed by atoms with Crippen LogP contribution in [-0.2, 0) is 6.42 Å². The molecule has 0 spiro atoms. The van der Waals surface area contributed by atoms with Crippen molar-refractivity contribution < 1.29 is 9.13 Å². The van der Waals surface area contributed by atoms with Crippen LogP contribution in [0.5, 0.6) is 5.75 Å². The minimum absolute atomic E-state index is 0.145. The van der Waals surface area contributed by atoms with Crippen LogP contribution in [0.25, 0.3) is 0 Å². The molecule has 0 heterocycles. The minimum Gasteiger partial charge on any atom is -0.491 e. The number of hydrogen-bond acceptors (Lipinski definition) is 3. The summed E-state index contributed by atoms with van der Waals surface area (Å²) in [4.78, 5) is 0. The lowest BCUT2D eigenvalue weighted by molar-refractivity contribution is 0.321. The first-order chi connectivity index (χ1) is 8.13. The van der Waals surface area contributed by atoms with Gasteiger partial charge >= 0.3 is 0 Å². The Labute approximate surface area is 102 Å². The van der Waals surface area contributed by atoms with Gasteiger partial charge in [0.1, 0.15) is 0 Å². The minimum atomic E-state index is -0.295. The Hall–Kier alpha value is -1.13. The van der Waals surface area contributed by atoms with Crippen LogP contribution in [0.3, 0.4) is 0 Å². The molecule has 0 saturated carbocycles. The second-order valence-electron chi connectivity index (χ2n) is 4.13. The maximum absolute atomic E-state index is 13.5. The van der Waals surface area contributed by atoms with Crippen LogP contribution in [0.2, 0.25) is 0 Å². The fourth-order valence-corrected chi connectivity index (χ4v) is 1.53. The van der Waals surface area contributed by atoms with Crippen LogP contribution < -0.4 is 15.8 Å². The predicted octanol–water partition coefficient (Wildman–Crippen LogP) is 1.70. The monoisotopic (exact) mass is 240 g/mol. The van der Waals surface area contributed by atoms with E-state index in [1.54, 1.807) is 6.07 Å². The lowest BCUT2D eigenvalue weighted by atomic mass is 10.1. The standard InChI is InChI=1S/C13H21FN2O/c1-3-17-13-5-4-11(8-12(13)14)6-7-16-9-10(2)15/h4-5,8,10,16H,3,6-7,9,15H2,1-2H3. The summed E-state index contributed by atoms with van der Waals surface area (Å²) in [6.45, 7) is 5.84. The lowest BCUT2D eigenvalue weighted by Gasteiger charge is -2.09. The smallest absolute Gasteiger partial charge is 0.165 e. The zero-order valence-electron chi connectivity index (χ0n) is 10.5. The normalized spacial score (nSPS) is 12.5. The number of halogens is 1. The molecule has 0 amide bonds. The first kappa shape index (κ1) is 13.9. The molecular formula is C13H21FN2O. The molecule has 3 nitrogen and oxygen atoms in total. The van der Waals surface area contributed by atoms with Gasteiger partial charge in [0.15, 0.2) is 11.6 Å². The topological polar surface area (TPSA) is 47.3 Å². The van der Waals surface area contributed by atoms with Crippen molar-refractivity contribution >= 4 is 0 Å². The van der Waals surface area contributed by atoms with Crippen molar-refractivity contribution in [2.75, 3.05) is 19.7 Å². The average Bonchev–Trinajstić information content (AvgIpc) is 2.28. The highest BCUT2D eigenvalue weighted by molar-refractivity contribution is 5.29. The summed E-state index contributed by atoms with van der Waals surface area (Å²) >= 11 is 0. The van der Waals surface area contributed by atoms with Gasteiger partial charge in [-0.05, 0) is 44.5 Å². The van der Waals surface area contributed by atoms with Gasteiger partial charge in [-0.3, -0.25) is 0 Å². The molecule has 0 aliphatic rings. The summed E-state index contributed by atoms with van der Waals surface area (Å²) in [5.74, 6) is 0.0244. The number of hydrogen-bond donors (Lipinski definition) is 2. The van der Waals surface area contributed by atoms with Crippen LogP contribution in [0, 0.1) is 5.82 Å². The average molecular weight is 240 g/mol. The van der Waals surface area contributed by atoms with E-state index in [2.05, 4.69) is 5.32 Å². The quantitative estimate of drug-likeness (QED) is 0.713. The molecule has 1 atom stereocenters. The number of rotatable bonds is 7. The summed E-state index contributed by atoms with van der Waals surface area (Å²) in [5.41, 5.74) is 6.57. The summed E-state index contributed by atoms with van der Waals surface area (Å²) in [5, 5.41) is 3.21. The van der Waals surface area contributed by atoms with E-state index in [-0.39, 0.29) is 11.9 Å². The van der Waals surface area contributed by atoms with E-state index in [1.165, 1.54) is 6.07 Å². The Kier molecular flexibility index (Phi) is 5.94. The summed E-state index contributed by atoms with van der Waals surface area (Å²) in [7, 11) is 0. The summed E-state index contributed by atoms with van der Waals surface area (Å²) in [6, 6.07) is 5.24. The predicted molar refractivity (Wildman–Crippen MR) is 67.8 cm³/mol. The third kappa shape index (κ3) is 5.15. The largest absolute Gasteiger partial charge is 0.491 e. The van der Waals surface area contributed by atoms with Gasteiger partial charge in [-0.15, -0.1) is 0 Å². The lowest BCUT2D eigenvalue weighted by Crippen LogP contribution is -2.32. The van der Waals surface area contributed by atoms with Crippen molar-refractivity contribution in [3.05, 3.63) is 29.6 Å². The third-order valence-electron chi connectivity index (χ3n) is 2.35. The molecular weight excluding hydrogens is 219 g/mol. The number of ether oxygens (including phenoxy) is 1. The van der Waals surface area contributed by atoms with Crippen LogP contribution in [-0.4, -0.2) is 25.7 Å². The van der Waals surface area contributed by atoms with Crippen LogP contribution in [0.1, 0.15) is 19.4 Å². The van der Waals surface area contributed by atoms with Gasteiger partial charge in [0.2, 0.25) is 0 Å². The molecule has 4 heteroatoms. The molecule has 0 aromatic heterocycles. The maximum Gasteiger partial charge on any atom is 0.165 e. The zero-order chi connectivity index (χ0) is 12.7. The van der Waals surface area contributed by atoms with E-state index >= 15 is 0 Å². The molecule has 1 aromatic rings. The van der Waals surface area contributed by atoms with E-state index in [0.717, 1.165) is 25.1 Å². The van der Waals surface area contributed by atoms with E-state index < -0.39 is 0 Å². The Morgan fingerprint density at radius 3 is 2.82 bits per heavy atom. The highest BCUT2D eigenvalue weighted by Crippen LogP contribution is 2.18. The van der Waals surface area contributed by atoms with Crippen molar-refractivity contribution in [1.29, 1.82) is 0 Å². The molecule has 0 saturated heterocycles. The number of benzene rings is 1. The molecule has 17 heavy (non-hydrogen) atoms.